The molecule has 0 bridgehead atoms. The Morgan fingerprint density at radius 1 is 1.53 bits per heavy atom. The first-order chi connectivity index (χ1) is 9.19. The third-order valence-electron chi connectivity index (χ3n) is 3.42. The van der Waals surface area contributed by atoms with Crippen LogP contribution in [-0.4, -0.2) is 62.4 Å². The van der Waals surface area contributed by atoms with Crippen molar-refractivity contribution in [2.24, 2.45) is 0 Å². The summed E-state index contributed by atoms with van der Waals surface area (Å²) in [4.78, 5) is 14.3. The Balaban J connectivity index is 2.39. The zero-order valence-electron chi connectivity index (χ0n) is 12.5. The van der Waals surface area contributed by atoms with Crippen LogP contribution in [0.4, 0.5) is 0 Å². The summed E-state index contributed by atoms with van der Waals surface area (Å²) in [5, 5.41) is 3.28. The van der Waals surface area contributed by atoms with Crippen LogP contribution in [0.1, 0.15) is 33.6 Å². The average Bonchev–Trinajstić information content (AvgIpc) is 2.41. The number of ether oxygens (including phenoxy) is 2. The van der Waals surface area contributed by atoms with E-state index in [1.165, 1.54) is 0 Å². The Labute approximate surface area is 116 Å². The summed E-state index contributed by atoms with van der Waals surface area (Å²) in [5.41, 5.74) is 0. The molecule has 1 fully saturated rings. The van der Waals surface area contributed by atoms with Crippen LogP contribution in [0.15, 0.2) is 0 Å². The lowest BCUT2D eigenvalue weighted by Gasteiger charge is -2.34. The predicted molar refractivity (Wildman–Crippen MR) is 75.2 cm³/mol. The van der Waals surface area contributed by atoms with E-state index < -0.39 is 0 Å². The van der Waals surface area contributed by atoms with E-state index in [4.69, 9.17) is 9.47 Å². The van der Waals surface area contributed by atoms with Crippen molar-refractivity contribution in [1.82, 2.24) is 10.2 Å². The SMILES string of the molecule is CCCNC(CCN1CCOCC1C)C(=O)OCC. The number of morpholine rings is 1. The van der Waals surface area contributed by atoms with Gasteiger partial charge < -0.3 is 14.8 Å². The topological polar surface area (TPSA) is 50.8 Å². The molecule has 112 valence electrons. The summed E-state index contributed by atoms with van der Waals surface area (Å²) in [7, 11) is 0. The second kappa shape index (κ2) is 9.28. The molecule has 0 aromatic carbocycles. The van der Waals surface area contributed by atoms with E-state index in [9.17, 15) is 4.79 Å². The molecule has 0 amide bonds. The molecule has 0 aliphatic carbocycles. The average molecular weight is 272 g/mol. The molecule has 2 unspecified atom stereocenters. The van der Waals surface area contributed by atoms with Crippen molar-refractivity contribution in [2.75, 3.05) is 39.5 Å². The van der Waals surface area contributed by atoms with E-state index in [0.717, 1.165) is 45.7 Å². The maximum Gasteiger partial charge on any atom is 0.323 e. The summed E-state index contributed by atoms with van der Waals surface area (Å²) in [6.45, 7) is 10.8. The maximum atomic E-state index is 11.9. The van der Waals surface area contributed by atoms with Crippen LogP contribution in [0, 0.1) is 0 Å². The second-order valence-electron chi connectivity index (χ2n) is 5.01. The lowest BCUT2D eigenvalue weighted by atomic mass is 10.1. The molecular formula is C14H28N2O3. The standard InChI is InChI=1S/C14H28N2O3/c1-4-7-15-13(14(17)19-5-2)6-8-16-9-10-18-11-12(16)3/h12-13,15H,4-11H2,1-3H3. The second-order valence-corrected chi connectivity index (χ2v) is 5.01. The molecule has 5 heteroatoms. The summed E-state index contributed by atoms with van der Waals surface area (Å²) in [6, 6.07) is 0.248. The van der Waals surface area contributed by atoms with Gasteiger partial charge in [-0.25, -0.2) is 0 Å². The Morgan fingerprint density at radius 2 is 2.32 bits per heavy atom. The molecule has 2 atom stereocenters. The van der Waals surface area contributed by atoms with Gasteiger partial charge in [0, 0.05) is 19.1 Å². The Hall–Kier alpha value is -0.650. The Morgan fingerprint density at radius 3 is 2.95 bits per heavy atom. The third-order valence-corrected chi connectivity index (χ3v) is 3.42. The number of hydrogen-bond acceptors (Lipinski definition) is 5. The van der Waals surface area contributed by atoms with Gasteiger partial charge in [-0.2, -0.15) is 0 Å². The van der Waals surface area contributed by atoms with Crippen molar-refractivity contribution < 1.29 is 14.3 Å². The minimum absolute atomic E-state index is 0.128. The van der Waals surface area contributed by atoms with Crippen molar-refractivity contribution in [3.8, 4) is 0 Å². The van der Waals surface area contributed by atoms with Crippen LogP contribution in [0.25, 0.3) is 0 Å². The van der Waals surface area contributed by atoms with E-state index in [0.29, 0.717) is 12.6 Å². The number of nitrogens with zero attached hydrogens (tertiary/aromatic N) is 1. The fourth-order valence-electron chi connectivity index (χ4n) is 2.25. The monoisotopic (exact) mass is 272 g/mol. The Bertz CT molecular complexity index is 261. The van der Waals surface area contributed by atoms with Crippen molar-refractivity contribution in [3.05, 3.63) is 0 Å². The highest BCUT2D eigenvalue weighted by molar-refractivity contribution is 5.75. The van der Waals surface area contributed by atoms with Gasteiger partial charge in [-0.05, 0) is 33.2 Å². The number of esters is 1. The van der Waals surface area contributed by atoms with Crippen molar-refractivity contribution in [1.29, 1.82) is 0 Å². The zero-order chi connectivity index (χ0) is 14.1. The molecule has 1 aliphatic heterocycles. The highest BCUT2D eigenvalue weighted by atomic mass is 16.5. The third kappa shape index (κ3) is 5.89. The molecule has 5 nitrogen and oxygen atoms in total. The molecule has 1 saturated heterocycles. The van der Waals surface area contributed by atoms with Crippen molar-refractivity contribution >= 4 is 5.97 Å². The van der Waals surface area contributed by atoms with Crippen molar-refractivity contribution in [2.45, 2.75) is 45.7 Å². The van der Waals surface area contributed by atoms with Crippen LogP contribution >= 0.6 is 0 Å². The van der Waals surface area contributed by atoms with Gasteiger partial charge in [0.1, 0.15) is 6.04 Å². The van der Waals surface area contributed by atoms with E-state index in [1.54, 1.807) is 0 Å². The van der Waals surface area contributed by atoms with Crippen LogP contribution in [0.3, 0.4) is 0 Å². The fraction of sp³-hybridized carbons (Fsp3) is 0.929. The number of hydrogen-bond donors (Lipinski definition) is 1. The van der Waals surface area contributed by atoms with E-state index in [1.807, 2.05) is 6.92 Å². The molecule has 0 aromatic heterocycles. The van der Waals surface area contributed by atoms with Gasteiger partial charge >= 0.3 is 5.97 Å². The molecule has 0 spiro atoms. The fourth-order valence-corrected chi connectivity index (χ4v) is 2.25. The summed E-state index contributed by atoms with van der Waals surface area (Å²) >= 11 is 0. The lowest BCUT2D eigenvalue weighted by molar-refractivity contribution is -0.146. The quantitative estimate of drug-likeness (QED) is 0.669. The van der Waals surface area contributed by atoms with Gasteiger partial charge in [0.15, 0.2) is 0 Å². The number of nitrogens with one attached hydrogen (secondary N) is 1. The van der Waals surface area contributed by atoms with Gasteiger partial charge in [-0.3, -0.25) is 9.69 Å². The zero-order valence-corrected chi connectivity index (χ0v) is 12.5. The number of carbonyl (C=O) groups is 1. The lowest BCUT2D eigenvalue weighted by Crippen LogP contribution is -2.47. The largest absolute Gasteiger partial charge is 0.465 e. The number of carbonyl (C=O) groups excluding carboxylic acids is 1. The molecule has 0 radical (unpaired) electrons. The van der Waals surface area contributed by atoms with Gasteiger partial charge in [0.25, 0.3) is 0 Å². The molecule has 1 rings (SSSR count). The van der Waals surface area contributed by atoms with Gasteiger partial charge in [0.05, 0.1) is 19.8 Å². The van der Waals surface area contributed by atoms with Crippen LogP contribution < -0.4 is 5.32 Å². The molecule has 0 aromatic rings. The first-order valence-corrected chi connectivity index (χ1v) is 7.40. The summed E-state index contributed by atoms with van der Waals surface area (Å²) in [5.74, 6) is -0.128. The van der Waals surface area contributed by atoms with E-state index in [2.05, 4.69) is 24.1 Å². The predicted octanol–water partition coefficient (Wildman–Crippen LogP) is 1.03. The Kier molecular flexibility index (Phi) is 8.02. The van der Waals surface area contributed by atoms with Gasteiger partial charge in [-0.15, -0.1) is 0 Å². The normalized spacial score (nSPS) is 22.2. The summed E-state index contributed by atoms with van der Waals surface area (Å²) in [6.07, 6.45) is 1.81. The van der Waals surface area contributed by atoms with E-state index in [-0.39, 0.29) is 12.0 Å². The molecule has 1 aliphatic rings. The molecule has 1 N–H and O–H groups in total. The minimum atomic E-state index is -0.185. The highest BCUT2D eigenvalue weighted by Crippen LogP contribution is 2.08. The van der Waals surface area contributed by atoms with Crippen molar-refractivity contribution in [3.63, 3.8) is 0 Å². The van der Waals surface area contributed by atoms with Gasteiger partial charge in [0.2, 0.25) is 0 Å². The first kappa shape index (κ1) is 16.4. The highest BCUT2D eigenvalue weighted by Gasteiger charge is 2.23. The summed E-state index contributed by atoms with van der Waals surface area (Å²) < 4.78 is 10.5. The van der Waals surface area contributed by atoms with Crippen LogP contribution in [0.5, 0.6) is 0 Å². The minimum Gasteiger partial charge on any atom is -0.465 e. The maximum absolute atomic E-state index is 11.9. The van der Waals surface area contributed by atoms with Crippen LogP contribution in [0.2, 0.25) is 0 Å². The molecule has 19 heavy (non-hydrogen) atoms. The molecule has 0 saturated carbocycles. The smallest absolute Gasteiger partial charge is 0.323 e. The van der Waals surface area contributed by atoms with Gasteiger partial charge in [-0.1, -0.05) is 6.92 Å². The van der Waals surface area contributed by atoms with E-state index >= 15 is 0 Å². The van der Waals surface area contributed by atoms with Crippen LogP contribution in [-0.2, 0) is 14.3 Å². The molecule has 1 heterocycles. The first-order valence-electron chi connectivity index (χ1n) is 7.40. The number of rotatable bonds is 8. The molecular weight excluding hydrogens is 244 g/mol.